The molecule has 0 amide bonds. The minimum absolute atomic E-state index is 0. The topological polar surface area (TPSA) is 54.6 Å². The fourth-order valence-corrected chi connectivity index (χ4v) is 0.568. The van der Waals surface area contributed by atoms with E-state index < -0.39 is 7.12 Å². The Bertz CT molecular complexity index is 182. The third-order valence-corrected chi connectivity index (χ3v) is 1.03. The first kappa shape index (κ1) is 9.42. The van der Waals surface area contributed by atoms with Crippen LogP contribution in [-0.4, -0.2) is 17.2 Å². The zero-order chi connectivity index (χ0) is 6.69. The van der Waals surface area contributed by atoms with E-state index in [1.807, 2.05) is 0 Å². The van der Waals surface area contributed by atoms with Gasteiger partial charge in [-0.15, -0.1) is 0 Å². The lowest BCUT2D eigenvalue weighted by Gasteiger charge is -1.90. The van der Waals surface area contributed by atoms with Crippen LogP contribution in [0.15, 0.2) is 24.5 Å². The van der Waals surface area contributed by atoms with Crippen LogP contribution in [0, 0.1) is 0 Å². The van der Waals surface area contributed by atoms with Crippen molar-refractivity contribution in [3.05, 3.63) is 24.5 Å². The maximum absolute atomic E-state index is 8.56. The molecule has 1 aromatic rings. The summed E-state index contributed by atoms with van der Waals surface area (Å²) in [6, 6.07) is 3.33. The maximum atomic E-state index is 8.56. The van der Waals surface area contributed by atoms with E-state index in [4.69, 9.17) is 10.0 Å². The number of H-pyrrole nitrogens is 1. The number of nitrogens with one attached hydrogen (secondary N) is 1. The monoisotopic (exact) mass is 159 g/mol. The number of aromatic amines is 1. The van der Waals surface area contributed by atoms with Crippen molar-refractivity contribution in [3.63, 3.8) is 0 Å². The average Bonchev–Trinajstić information content (AvgIpc) is 1.90. The minimum Gasteiger partial charge on any atom is -1.00 e. The molecule has 1 heterocycles. The molecule has 54 valence electrons. The summed E-state index contributed by atoms with van der Waals surface area (Å²) in [5.41, 5.74) is 0.470. The SMILES string of the molecule is OB(O)c1ccc[nH+]c1.[Cl-]. The van der Waals surface area contributed by atoms with Crippen molar-refractivity contribution in [1.82, 2.24) is 0 Å². The fraction of sp³-hybridized carbons (Fsp3) is 0. The van der Waals surface area contributed by atoms with Gasteiger partial charge in [-0.25, -0.2) is 4.98 Å². The molecule has 5 heteroatoms. The van der Waals surface area contributed by atoms with E-state index in [0.29, 0.717) is 5.46 Å². The van der Waals surface area contributed by atoms with Crippen molar-refractivity contribution < 1.29 is 27.4 Å². The molecule has 1 aromatic heterocycles. The molecule has 0 fully saturated rings. The Hall–Kier alpha value is -0.575. The Morgan fingerprint density at radius 3 is 2.40 bits per heavy atom. The van der Waals surface area contributed by atoms with Crippen LogP contribution in [0.5, 0.6) is 0 Å². The van der Waals surface area contributed by atoms with Crippen LogP contribution in [-0.2, 0) is 0 Å². The standard InChI is InChI=1S/C5H6BNO2.ClH/c8-6(9)5-2-1-3-7-4-5;/h1-4,8-9H;1H. The summed E-state index contributed by atoms with van der Waals surface area (Å²) in [6.07, 6.45) is 3.23. The smallest absolute Gasteiger partial charge is 0.494 e. The summed E-state index contributed by atoms with van der Waals surface area (Å²) in [5.74, 6) is 0. The Morgan fingerprint density at radius 1 is 1.40 bits per heavy atom. The van der Waals surface area contributed by atoms with Crippen molar-refractivity contribution >= 4 is 12.6 Å². The normalized spacial score (nSPS) is 8.20. The first-order chi connectivity index (χ1) is 4.30. The van der Waals surface area contributed by atoms with Crippen molar-refractivity contribution in [2.45, 2.75) is 0 Å². The van der Waals surface area contributed by atoms with Gasteiger partial charge in [0.2, 0.25) is 0 Å². The van der Waals surface area contributed by atoms with E-state index in [1.54, 1.807) is 18.3 Å². The molecule has 0 spiro atoms. The number of aromatic nitrogens is 1. The molecule has 0 bridgehead atoms. The molecule has 0 saturated carbocycles. The Morgan fingerprint density at radius 2 is 2.10 bits per heavy atom. The molecule has 0 aliphatic rings. The number of pyridine rings is 1. The summed E-state index contributed by atoms with van der Waals surface area (Å²) in [7, 11) is -1.37. The van der Waals surface area contributed by atoms with E-state index >= 15 is 0 Å². The van der Waals surface area contributed by atoms with Crippen molar-refractivity contribution in [1.29, 1.82) is 0 Å². The van der Waals surface area contributed by atoms with E-state index in [1.165, 1.54) is 6.20 Å². The number of halogens is 1. The highest BCUT2D eigenvalue weighted by atomic mass is 35.5. The summed E-state index contributed by atoms with van der Waals surface area (Å²) in [5, 5.41) is 17.1. The summed E-state index contributed by atoms with van der Waals surface area (Å²) in [6.45, 7) is 0. The number of hydrogen-bond acceptors (Lipinski definition) is 2. The van der Waals surface area contributed by atoms with Gasteiger partial charge in [0.1, 0.15) is 0 Å². The molecule has 10 heavy (non-hydrogen) atoms. The van der Waals surface area contributed by atoms with Crippen LogP contribution in [0.25, 0.3) is 0 Å². The molecule has 0 saturated heterocycles. The highest BCUT2D eigenvalue weighted by Crippen LogP contribution is 1.73. The molecule has 1 rings (SSSR count). The van der Waals surface area contributed by atoms with E-state index in [0.717, 1.165) is 0 Å². The molecular weight excluding hydrogens is 152 g/mol. The molecule has 3 N–H and O–H groups in total. The molecule has 0 radical (unpaired) electrons. The maximum Gasteiger partial charge on any atom is 0.494 e. The van der Waals surface area contributed by atoms with E-state index in [-0.39, 0.29) is 12.4 Å². The number of rotatable bonds is 1. The highest BCUT2D eigenvalue weighted by molar-refractivity contribution is 6.58. The quantitative estimate of drug-likeness (QED) is 0.404. The Balaban J connectivity index is 0.000000810. The van der Waals surface area contributed by atoms with Gasteiger partial charge >= 0.3 is 7.12 Å². The van der Waals surface area contributed by atoms with Crippen LogP contribution >= 0.6 is 0 Å². The summed E-state index contributed by atoms with van der Waals surface area (Å²) >= 11 is 0. The van der Waals surface area contributed by atoms with Crippen LogP contribution in [0.3, 0.4) is 0 Å². The first-order valence-corrected chi connectivity index (χ1v) is 2.63. The second-order valence-corrected chi connectivity index (χ2v) is 1.71. The predicted octanol–water partition coefficient (Wildman–Crippen LogP) is -4.82. The van der Waals surface area contributed by atoms with Gasteiger partial charge in [0.25, 0.3) is 0 Å². The lowest BCUT2D eigenvalue weighted by atomic mass is 9.82. The minimum atomic E-state index is -1.37. The Kier molecular flexibility index (Phi) is 4.03. The van der Waals surface area contributed by atoms with Crippen molar-refractivity contribution in [3.8, 4) is 0 Å². The molecular formula is C5H7BClNO2. The van der Waals surface area contributed by atoms with Crippen molar-refractivity contribution in [2.75, 3.05) is 0 Å². The number of hydrogen-bond donors (Lipinski definition) is 2. The lowest BCUT2D eigenvalue weighted by Crippen LogP contribution is -3.00. The van der Waals surface area contributed by atoms with Crippen molar-refractivity contribution in [2.24, 2.45) is 0 Å². The first-order valence-electron chi connectivity index (χ1n) is 2.63. The molecule has 0 unspecified atom stereocenters. The molecule has 0 aliphatic heterocycles. The fourth-order valence-electron chi connectivity index (χ4n) is 0.568. The average molecular weight is 159 g/mol. The van der Waals surface area contributed by atoms with Crippen LogP contribution < -0.4 is 22.9 Å². The summed E-state index contributed by atoms with van der Waals surface area (Å²) < 4.78 is 0. The molecule has 0 aliphatic carbocycles. The van der Waals surface area contributed by atoms with Gasteiger partial charge in [-0.05, 0) is 0 Å². The van der Waals surface area contributed by atoms with Gasteiger partial charge < -0.3 is 22.5 Å². The lowest BCUT2D eigenvalue weighted by molar-refractivity contribution is -0.376. The summed E-state index contributed by atoms with van der Waals surface area (Å²) in [4.78, 5) is 2.72. The van der Waals surface area contributed by atoms with E-state index in [2.05, 4.69) is 4.98 Å². The van der Waals surface area contributed by atoms with Crippen LogP contribution in [0.4, 0.5) is 0 Å². The van der Waals surface area contributed by atoms with Gasteiger partial charge in [0, 0.05) is 11.5 Å². The van der Waals surface area contributed by atoms with Crippen LogP contribution in [0.1, 0.15) is 0 Å². The largest absolute Gasteiger partial charge is 1.00 e. The Labute approximate surface area is 65.3 Å². The van der Waals surface area contributed by atoms with Gasteiger partial charge in [-0.2, -0.15) is 0 Å². The molecule has 0 aromatic carbocycles. The third kappa shape index (κ3) is 2.35. The van der Waals surface area contributed by atoms with Gasteiger partial charge in [-0.1, -0.05) is 6.07 Å². The van der Waals surface area contributed by atoms with E-state index in [9.17, 15) is 0 Å². The second kappa shape index (κ2) is 4.27. The third-order valence-electron chi connectivity index (χ3n) is 1.03. The van der Waals surface area contributed by atoms with Crippen LogP contribution in [0.2, 0.25) is 0 Å². The zero-order valence-electron chi connectivity index (χ0n) is 5.16. The molecule has 3 nitrogen and oxygen atoms in total. The second-order valence-electron chi connectivity index (χ2n) is 1.71. The van der Waals surface area contributed by atoms with Gasteiger partial charge in [-0.3, -0.25) is 0 Å². The molecule has 0 atom stereocenters. The van der Waals surface area contributed by atoms with Gasteiger partial charge in [0.15, 0.2) is 12.4 Å². The predicted molar refractivity (Wildman–Crippen MR) is 32.8 cm³/mol. The highest BCUT2D eigenvalue weighted by Gasteiger charge is 2.11. The zero-order valence-corrected chi connectivity index (χ0v) is 5.92. The van der Waals surface area contributed by atoms with Gasteiger partial charge in [0.05, 0.1) is 0 Å².